The number of hydrogen-bond acceptors (Lipinski definition) is 6. The van der Waals surface area contributed by atoms with E-state index in [2.05, 4.69) is 31.0 Å². The molecule has 8 nitrogen and oxygen atoms in total. The van der Waals surface area contributed by atoms with Crippen molar-refractivity contribution >= 4 is 16.8 Å². The number of likely N-dealkylation sites (N-methyl/N-ethyl adjacent to an activating group) is 1. The fourth-order valence-corrected chi connectivity index (χ4v) is 2.37. The smallest absolute Gasteiger partial charge is 0.273 e. The lowest BCUT2D eigenvalue weighted by Crippen LogP contribution is -2.27. The van der Waals surface area contributed by atoms with Crippen molar-refractivity contribution in [1.29, 1.82) is 0 Å². The van der Waals surface area contributed by atoms with E-state index in [1.165, 1.54) is 0 Å². The summed E-state index contributed by atoms with van der Waals surface area (Å²) in [5, 5.41) is 17.6. The van der Waals surface area contributed by atoms with Crippen LogP contribution in [0.4, 0.5) is 0 Å². The van der Waals surface area contributed by atoms with Crippen LogP contribution in [0.1, 0.15) is 42.1 Å². The van der Waals surface area contributed by atoms with Crippen molar-refractivity contribution in [3.8, 4) is 0 Å². The minimum absolute atomic E-state index is 0.246. The van der Waals surface area contributed by atoms with Gasteiger partial charge in [-0.2, -0.15) is 10.1 Å². The molecule has 0 aliphatic heterocycles. The first-order valence-electron chi connectivity index (χ1n) is 7.82. The predicted octanol–water partition coefficient (Wildman–Crippen LogP) is 1.59. The molecule has 3 aromatic rings. The van der Waals surface area contributed by atoms with Gasteiger partial charge in [-0.1, -0.05) is 23.4 Å². The van der Waals surface area contributed by atoms with Gasteiger partial charge in [0.15, 0.2) is 11.5 Å². The number of para-hydroxylation sites is 1. The van der Waals surface area contributed by atoms with Crippen molar-refractivity contribution in [2.24, 2.45) is 0 Å². The molecule has 0 aliphatic carbocycles. The Morgan fingerprint density at radius 1 is 1.33 bits per heavy atom. The molecule has 126 valence electrons. The van der Waals surface area contributed by atoms with E-state index < -0.39 is 6.04 Å². The number of rotatable bonds is 6. The van der Waals surface area contributed by atoms with Crippen molar-refractivity contribution < 1.29 is 9.32 Å². The van der Waals surface area contributed by atoms with Crippen molar-refractivity contribution in [3.63, 3.8) is 0 Å². The monoisotopic (exact) mass is 328 g/mol. The van der Waals surface area contributed by atoms with Gasteiger partial charge in [0.25, 0.3) is 5.91 Å². The summed E-state index contributed by atoms with van der Waals surface area (Å²) in [6, 6.07) is 7.32. The number of benzene rings is 1. The van der Waals surface area contributed by atoms with Crippen LogP contribution in [0.5, 0.6) is 0 Å². The number of aromatic nitrogens is 4. The average molecular weight is 328 g/mol. The zero-order valence-electron chi connectivity index (χ0n) is 13.8. The van der Waals surface area contributed by atoms with Gasteiger partial charge in [0, 0.05) is 17.8 Å². The fourth-order valence-electron chi connectivity index (χ4n) is 2.37. The van der Waals surface area contributed by atoms with Crippen LogP contribution in [-0.2, 0) is 6.42 Å². The summed E-state index contributed by atoms with van der Waals surface area (Å²) in [4.78, 5) is 16.8. The third-order valence-corrected chi connectivity index (χ3v) is 3.87. The summed E-state index contributed by atoms with van der Waals surface area (Å²) < 4.78 is 5.25. The SMILES string of the molecule is CNC(C)Cc1noc(C(C)NC(=O)c2n[nH]c3ccccc23)n1. The molecule has 3 rings (SSSR count). The molecule has 2 unspecified atom stereocenters. The second kappa shape index (κ2) is 6.79. The number of amides is 1. The summed E-state index contributed by atoms with van der Waals surface area (Å²) in [5.74, 6) is 0.697. The summed E-state index contributed by atoms with van der Waals surface area (Å²) in [7, 11) is 1.88. The number of H-pyrrole nitrogens is 1. The molecule has 0 saturated carbocycles. The van der Waals surface area contributed by atoms with E-state index in [0.717, 1.165) is 10.9 Å². The topological polar surface area (TPSA) is 109 Å². The predicted molar refractivity (Wildman–Crippen MR) is 88.5 cm³/mol. The lowest BCUT2D eigenvalue weighted by atomic mass is 10.2. The fraction of sp³-hybridized carbons (Fsp3) is 0.375. The summed E-state index contributed by atoms with van der Waals surface area (Å²) in [6.45, 7) is 3.83. The maximum atomic E-state index is 12.4. The Hall–Kier alpha value is -2.74. The van der Waals surface area contributed by atoms with E-state index in [1.54, 1.807) is 6.92 Å². The molecule has 1 amide bonds. The van der Waals surface area contributed by atoms with Crippen LogP contribution in [0.15, 0.2) is 28.8 Å². The Bertz CT molecular complexity index is 840. The molecule has 2 heterocycles. The normalized spacial score (nSPS) is 13.8. The molecule has 0 spiro atoms. The highest BCUT2D eigenvalue weighted by Crippen LogP contribution is 2.17. The lowest BCUT2D eigenvalue weighted by molar-refractivity contribution is 0.0929. The molecule has 24 heavy (non-hydrogen) atoms. The Labute approximate surface area is 139 Å². The van der Waals surface area contributed by atoms with E-state index in [4.69, 9.17) is 4.52 Å². The van der Waals surface area contributed by atoms with E-state index >= 15 is 0 Å². The number of carbonyl (C=O) groups excluding carboxylic acids is 1. The third-order valence-electron chi connectivity index (χ3n) is 3.87. The van der Waals surface area contributed by atoms with Crippen molar-refractivity contribution in [3.05, 3.63) is 41.7 Å². The maximum absolute atomic E-state index is 12.4. The molecule has 0 fully saturated rings. The minimum atomic E-state index is -0.404. The van der Waals surface area contributed by atoms with Crippen molar-refractivity contribution in [2.45, 2.75) is 32.4 Å². The quantitative estimate of drug-likeness (QED) is 0.634. The number of carbonyl (C=O) groups is 1. The van der Waals surface area contributed by atoms with Crippen LogP contribution < -0.4 is 10.6 Å². The van der Waals surface area contributed by atoms with Gasteiger partial charge in [0.1, 0.15) is 6.04 Å². The second-order valence-corrected chi connectivity index (χ2v) is 5.76. The molecule has 0 aliphatic rings. The van der Waals surface area contributed by atoms with Gasteiger partial charge in [0.05, 0.1) is 5.52 Å². The molecular weight excluding hydrogens is 308 g/mol. The first-order chi connectivity index (χ1) is 11.6. The van der Waals surface area contributed by atoms with E-state index in [9.17, 15) is 4.79 Å². The Morgan fingerprint density at radius 3 is 2.92 bits per heavy atom. The highest BCUT2D eigenvalue weighted by molar-refractivity contribution is 6.04. The summed E-state index contributed by atoms with van der Waals surface area (Å²) in [6.07, 6.45) is 0.657. The van der Waals surface area contributed by atoms with Gasteiger partial charge in [-0.05, 0) is 27.0 Å². The molecule has 0 radical (unpaired) electrons. The summed E-state index contributed by atoms with van der Waals surface area (Å²) in [5.41, 5.74) is 1.16. The van der Waals surface area contributed by atoms with E-state index in [0.29, 0.717) is 23.8 Å². The summed E-state index contributed by atoms with van der Waals surface area (Å²) >= 11 is 0. The zero-order chi connectivity index (χ0) is 17.1. The first kappa shape index (κ1) is 16.1. The van der Waals surface area contributed by atoms with Gasteiger partial charge < -0.3 is 15.2 Å². The number of hydrogen-bond donors (Lipinski definition) is 3. The molecule has 0 saturated heterocycles. The second-order valence-electron chi connectivity index (χ2n) is 5.76. The van der Waals surface area contributed by atoms with Gasteiger partial charge >= 0.3 is 0 Å². The Balaban J connectivity index is 1.70. The molecule has 8 heteroatoms. The largest absolute Gasteiger partial charge is 0.339 e. The van der Waals surface area contributed by atoms with Crippen molar-refractivity contribution in [1.82, 2.24) is 31.0 Å². The van der Waals surface area contributed by atoms with Crippen molar-refractivity contribution in [2.75, 3.05) is 7.05 Å². The minimum Gasteiger partial charge on any atom is -0.339 e. The van der Waals surface area contributed by atoms with Crippen LogP contribution in [-0.4, -0.2) is 39.3 Å². The van der Waals surface area contributed by atoms with Gasteiger partial charge in [0.2, 0.25) is 5.89 Å². The van der Waals surface area contributed by atoms with Crippen LogP contribution >= 0.6 is 0 Å². The Kier molecular flexibility index (Phi) is 4.57. The molecule has 2 aromatic heterocycles. The highest BCUT2D eigenvalue weighted by Gasteiger charge is 2.20. The zero-order valence-corrected chi connectivity index (χ0v) is 13.8. The molecule has 3 N–H and O–H groups in total. The van der Waals surface area contributed by atoms with Crippen LogP contribution in [0.25, 0.3) is 10.9 Å². The third kappa shape index (κ3) is 3.28. The number of aromatic amines is 1. The van der Waals surface area contributed by atoms with Crippen LogP contribution in [0.3, 0.4) is 0 Å². The average Bonchev–Trinajstić information content (AvgIpc) is 3.21. The lowest BCUT2D eigenvalue weighted by Gasteiger charge is -2.08. The van der Waals surface area contributed by atoms with Crippen LogP contribution in [0, 0.1) is 0 Å². The van der Waals surface area contributed by atoms with Gasteiger partial charge in [-0.15, -0.1) is 0 Å². The number of nitrogens with zero attached hydrogens (tertiary/aromatic N) is 3. The number of nitrogens with one attached hydrogen (secondary N) is 3. The Morgan fingerprint density at radius 2 is 2.12 bits per heavy atom. The molecule has 0 bridgehead atoms. The van der Waals surface area contributed by atoms with E-state index in [1.807, 2.05) is 38.2 Å². The van der Waals surface area contributed by atoms with Crippen LogP contribution in [0.2, 0.25) is 0 Å². The van der Waals surface area contributed by atoms with E-state index in [-0.39, 0.29) is 11.9 Å². The highest BCUT2D eigenvalue weighted by atomic mass is 16.5. The molecular formula is C16H20N6O2. The molecule has 2 atom stereocenters. The van der Waals surface area contributed by atoms with Gasteiger partial charge in [-0.3, -0.25) is 9.89 Å². The number of fused-ring (bicyclic) bond motifs is 1. The standard InChI is InChI=1S/C16H20N6O2/c1-9(17-3)8-13-19-16(24-22-13)10(2)18-15(23)14-11-6-4-5-7-12(11)20-21-14/h4-7,9-10,17H,8H2,1-3H3,(H,18,23)(H,20,21). The maximum Gasteiger partial charge on any atom is 0.273 e. The molecule has 1 aromatic carbocycles. The first-order valence-corrected chi connectivity index (χ1v) is 7.82. The van der Waals surface area contributed by atoms with Gasteiger partial charge in [-0.25, -0.2) is 0 Å².